The molecule has 1 fully saturated rings. The summed E-state index contributed by atoms with van der Waals surface area (Å²) in [6, 6.07) is 9.81. The number of methoxy groups -OCH3 is 2. The summed E-state index contributed by atoms with van der Waals surface area (Å²) in [5.41, 5.74) is 1.08. The van der Waals surface area contributed by atoms with Gasteiger partial charge in [0.15, 0.2) is 5.78 Å². The van der Waals surface area contributed by atoms with Gasteiger partial charge in [0.2, 0.25) is 0 Å². The third kappa shape index (κ3) is 4.76. The largest absolute Gasteiger partial charge is 0.496 e. The lowest BCUT2D eigenvalue weighted by atomic mass is 9.89. The smallest absolute Gasteiger partial charge is 0.337 e. The summed E-state index contributed by atoms with van der Waals surface area (Å²) in [5, 5.41) is 2.77. The summed E-state index contributed by atoms with van der Waals surface area (Å²) in [7, 11) is 2.72. The van der Waals surface area contributed by atoms with Crippen LogP contribution in [0.15, 0.2) is 42.5 Å². The van der Waals surface area contributed by atoms with E-state index in [2.05, 4.69) is 10.1 Å². The maximum absolute atomic E-state index is 13.6. The Morgan fingerprint density at radius 1 is 1.10 bits per heavy atom. The van der Waals surface area contributed by atoms with Crippen LogP contribution in [0, 0.1) is 11.7 Å². The number of nitrogens with one attached hydrogen (secondary N) is 1. The molecular weight excluding hydrogens is 391 g/mol. The van der Waals surface area contributed by atoms with Gasteiger partial charge in [-0.3, -0.25) is 4.79 Å². The summed E-state index contributed by atoms with van der Waals surface area (Å²) in [5.74, 6) is -1.35. The Bertz CT molecular complexity index is 945. The molecular formula is C22H23FN2O5. The van der Waals surface area contributed by atoms with Crippen LogP contribution in [0.1, 0.15) is 33.6 Å². The van der Waals surface area contributed by atoms with E-state index >= 15 is 0 Å². The van der Waals surface area contributed by atoms with E-state index < -0.39 is 17.7 Å². The van der Waals surface area contributed by atoms with Crippen LogP contribution in [0.25, 0.3) is 0 Å². The topological polar surface area (TPSA) is 84.9 Å². The molecule has 1 aliphatic rings. The Labute approximate surface area is 173 Å². The molecule has 0 bridgehead atoms. The Hall–Kier alpha value is -3.42. The van der Waals surface area contributed by atoms with Crippen molar-refractivity contribution in [1.82, 2.24) is 4.90 Å². The number of urea groups is 1. The lowest BCUT2D eigenvalue weighted by Gasteiger charge is -2.32. The normalized spacial score (nSPS) is 16.0. The van der Waals surface area contributed by atoms with Gasteiger partial charge < -0.3 is 19.7 Å². The first-order valence-corrected chi connectivity index (χ1v) is 9.55. The first-order valence-electron chi connectivity index (χ1n) is 9.55. The van der Waals surface area contributed by atoms with Gasteiger partial charge in [-0.1, -0.05) is 0 Å². The van der Waals surface area contributed by atoms with Crippen LogP contribution in [-0.2, 0) is 4.74 Å². The van der Waals surface area contributed by atoms with Gasteiger partial charge >= 0.3 is 12.0 Å². The minimum absolute atomic E-state index is 0.183. The van der Waals surface area contributed by atoms with Gasteiger partial charge in [-0.25, -0.2) is 14.0 Å². The molecule has 0 radical (unpaired) electrons. The number of carbonyl (C=O) groups is 3. The van der Waals surface area contributed by atoms with Crippen LogP contribution in [0.2, 0.25) is 0 Å². The number of hydrogen-bond acceptors (Lipinski definition) is 5. The SMILES string of the molecule is COC(=O)c1ccc(NC(=O)N2CCCC(C(=O)c3cc(F)ccc3OC)C2)cc1. The van der Waals surface area contributed by atoms with Crippen LogP contribution in [0.3, 0.4) is 0 Å². The molecule has 1 aliphatic heterocycles. The fourth-order valence-corrected chi connectivity index (χ4v) is 3.48. The molecule has 0 spiro atoms. The second-order valence-corrected chi connectivity index (χ2v) is 6.99. The highest BCUT2D eigenvalue weighted by Crippen LogP contribution is 2.27. The van der Waals surface area contributed by atoms with Gasteiger partial charge in [-0.2, -0.15) is 0 Å². The van der Waals surface area contributed by atoms with Gasteiger partial charge in [0.05, 0.1) is 25.3 Å². The molecule has 1 atom stereocenters. The van der Waals surface area contributed by atoms with E-state index in [9.17, 15) is 18.8 Å². The third-order valence-corrected chi connectivity index (χ3v) is 5.06. The molecule has 8 heteroatoms. The minimum atomic E-state index is -0.514. The maximum atomic E-state index is 13.6. The lowest BCUT2D eigenvalue weighted by molar-refractivity contribution is 0.0600. The summed E-state index contributed by atoms with van der Waals surface area (Å²) in [6.07, 6.45) is 1.26. The lowest BCUT2D eigenvalue weighted by Crippen LogP contribution is -2.44. The summed E-state index contributed by atoms with van der Waals surface area (Å²) in [6.45, 7) is 0.737. The molecule has 3 rings (SSSR count). The van der Waals surface area contributed by atoms with Crippen molar-refractivity contribution in [3.63, 3.8) is 0 Å². The molecule has 0 aliphatic carbocycles. The number of carbonyl (C=O) groups excluding carboxylic acids is 3. The predicted molar refractivity (Wildman–Crippen MR) is 108 cm³/mol. The van der Waals surface area contributed by atoms with Crippen LogP contribution >= 0.6 is 0 Å². The van der Waals surface area contributed by atoms with Crippen molar-refractivity contribution >= 4 is 23.5 Å². The number of halogens is 1. The fourth-order valence-electron chi connectivity index (χ4n) is 3.48. The Morgan fingerprint density at radius 3 is 2.50 bits per heavy atom. The number of ether oxygens (including phenoxy) is 2. The van der Waals surface area contributed by atoms with E-state index in [1.165, 1.54) is 32.4 Å². The molecule has 30 heavy (non-hydrogen) atoms. The standard InChI is InChI=1S/C22H23FN2O5/c1-29-19-10-7-16(23)12-18(19)20(26)15-4-3-11-25(13-15)22(28)24-17-8-5-14(6-9-17)21(27)30-2/h5-10,12,15H,3-4,11,13H2,1-2H3,(H,24,28). The highest BCUT2D eigenvalue weighted by Gasteiger charge is 2.30. The van der Waals surface area contributed by atoms with Crippen LogP contribution in [0.5, 0.6) is 5.75 Å². The number of rotatable bonds is 5. The number of anilines is 1. The molecule has 158 valence electrons. The summed E-state index contributed by atoms with van der Waals surface area (Å²) in [4.78, 5) is 38.6. The molecule has 0 aromatic heterocycles. The van der Waals surface area contributed by atoms with E-state index in [0.717, 1.165) is 0 Å². The Kier molecular flexibility index (Phi) is 6.66. The first-order chi connectivity index (χ1) is 14.4. The number of piperidine rings is 1. The average molecular weight is 414 g/mol. The molecule has 1 heterocycles. The quantitative estimate of drug-likeness (QED) is 0.595. The summed E-state index contributed by atoms with van der Waals surface area (Å²) >= 11 is 0. The van der Waals surface area contributed by atoms with E-state index in [4.69, 9.17) is 4.74 Å². The Morgan fingerprint density at radius 2 is 1.83 bits per heavy atom. The van der Waals surface area contributed by atoms with Crippen molar-refractivity contribution in [1.29, 1.82) is 0 Å². The van der Waals surface area contributed by atoms with Crippen molar-refractivity contribution in [2.24, 2.45) is 5.92 Å². The molecule has 1 N–H and O–H groups in total. The fraction of sp³-hybridized carbons (Fsp3) is 0.318. The van der Waals surface area contributed by atoms with E-state index in [1.54, 1.807) is 29.2 Å². The highest BCUT2D eigenvalue weighted by atomic mass is 19.1. The first kappa shape index (κ1) is 21.3. The van der Waals surface area contributed by atoms with E-state index in [1.807, 2.05) is 0 Å². The molecule has 2 aromatic carbocycles. The summed E-state index contributed by atoms with van der Waals surface area (Å²) < 4.78 is 23.5. The number of Topliss-reactive ketones (excluding diaryl/α,β-unsaturated/α-hetero) is 1. The maximum Gasteiger partial charge on any atom is 0.337 e. The van der Waals surface area contributed by atoms with Gasteiger partial charge in [0, 0.05) is 24.7 Å². The monoisotopic (exact) mass is 414 g/mol. The van der Waals surface area contributed by atoms with Crippen molar-refractivity contribution in [2.45, 2.75) is 12.8 Å². The van der Waals surface area contributed by atoms with Gasteiger partial charge in [0.25, 0.3) is 0 Å². The van der Waals surface area contributed by atoms with E-state index in [-0.39, 0.29) is 23.9 Å². The zero-order valence-corrected chi connectivity index (χ0v) is 16.8. The van der Waals surface area contributed by atoms with Crippen LogP contribution < -0.4 is 10.1 Å². The molecule has 2 aromatic rings. The Balaban J connectivity index is 1.67. The highest BCUT2D eigenvalue weighted by molar-refractivity contribution is 6.01. The number of ketones is 1. The third-order valence-electron chi connectivity index (χ3n) is 5.06. The number of likely N-dealkylation sites (tertiary alicyclic amines) is 1. The second-order valence-electron chi connectivity index (χ2n) is 6.99. The number of hydrogen-bond donors (Lipinski definition) is 1. The molecule has 1 unspecified atom stereocenters. The number of benzene rings is 2. The minimum Gasteiger partial charge on any atom is -0.496 e. The zero-order valence-electron chi connectivity index (χ0n) is 16.8. The second kappa shape index (κ2) is 9.39. The number of esters is 1. The van der Waals surface area contributed by atoms with E-state index in [0.29, 0.717) is 36.4 Å². The average Bonchev–Trinajstić information content (AvgIpc) is 2.78. The number of nitrogens with zero attached hydrogens (tertiary/aromatic N) is 1. The molecule has 0 saturated carbocycles. The van der Waals surface area contributed by atoms with Gasteiger partial charge in [-0.05, 0) is 55.3 Å². The zero-order chi connectivity index (χ0) is 21.7. The predicted octanol–water partition coefficient (Wildman–Crippen LogP) is 3.75. The van der Waals surface area contributed by atoms with Crippen molar-refractivity contribution in [3.05, 3.63) is 59.4 Å². The molecule has 1 saturated heterocycles. The van der Waals surface area contributed by atoms with Gasteiger partial charge in [0.1, 0.15) is 11.6 Å². The van der Waals surface area contributed by atoms with Crippen LogP contribution in [-0.4, -0.2) is 50.0 Å². The number of amides is 2. The van der Waals surface area contributed by atoms with Crippen molar-refractivity contribution in [2.75, 3.05) is 32.6 Å². The van der Waals surface area contributed by atoms with Crippen LogP contribution in [0.4, 0.5) is 14.9 Å². The molecule has 2 amide bonds. The van der Waals surface area contributed by atoms with Crippen molar-refractivity contribution < 1.29 is 28.2 Å². The van der Waals surface area contributed by atoms with Gasteiger partial charge in [-0.15, -0.1) is 0 Å². The van der Waals surface area contributed by atoms with Crippen molar-refractivity contribution in [3.8, 4) is 5.75 Å². The molecule has 7 nitrogen and oxygen atoms in total.